The number of carbonyl (C=O) groups is 2. The molecule has 3 amide bonds. The maximum atomic E-state index is 12.7. The predicted molar refractivity (Wildman–Crippen MR) is 150 cm³/mol. The van der Waals surface area contributed by atoms with Crippen LogP contribution in [0.3, 0.4) is 0 Å². The number of nitrogens with two attached hydrogens (primary N) is 1. The summed E-state index contributed by atoms with van der Waals surface area (Å²) in [7, 11) is 0. The zero-order chi connectivity index (χ0) is 27.6. The van der Waals surface area contributed by atoms with Crippen molar-refractivity contribution in [3.63, 3.8) is 0 Å². The van der Waals surface area contributed by atoms with E-state index in [1.54, 1.807) is 35.9 Å². The minimum absolute atomic E-state index is 0.137. The van der Waals surface area contributed by atoms with Crippen LogP contribution in [0.4, 0.5) is 10.6 Å². The Labute approximate surface area is 229 Å². The van der Waals surface area contributed by atoms with Gasteiger partial charge < -0.3 is 25.8 Å². The molecule has 0 radical (unpaired) electrons. The Morgan fingerprint density at radius 1 is 1.05 bits per heavy atom. The second-order valence-corrected chi connectivity index (χ2v) is 11.8. The van der Waals surface area contributed by atoms with Gasteiger partial charge in [-0.15, -0.1) is 0 Å². The highest BCUT2D eigenvalue weighted by molar-refractivity contribution is 5.89. The lowest BCUT2D eigenvalue weighted by Gasteiger charge is -2.37. The van der Waals surface area contributed by atoms with Crippen molar-refractivity contribution >= 4 is 17.8 Å². The molecule has 0 aliphatic carbocycles. The van der Waals surface area contributed by atoms with Crippen molar-refractivity contribution in [2.75, 3.05) is 64.2 Å². The highest BCUT2D eigenvalue weighted by Gasteiger charge is 2.39. The lowest BCUT2D eigenvalue weighted by molar-refractivity contribution is -0.137. The fourth-order valence-corrected chi connectivity index (χ4v) is 5.85. The van der Waals surface area contributed by atoms with Gasteiger partial charge in [0.1, 0.15) is 5.82 Å². The Kier molecular flexibility index (Phi) is 7.75. The van der Waals surface area contributed by atoms with E-state index in [0.29, 0.717) is 31.6 Å². The number of anilines is 1. The first-order chi connectivity index (χ1) is 18.6. The molecule has 4 N–H and O–H groups in total. The second-order valence-electron chi connectivity index (χ2n) is 11.8. The van der Waals surface area contributed by atoms with E-state index in [9.17, 15) is 14.4 Å². The molecule has 3 aliphatic heterocycles. The molecule has 39 heavy (non-hydrogen) atoms. The Bertz CT molecular complexity index is 1240. The zero-order valence-electron chi connectivity index (χ0n) is 23.0. The number of hydrogen-bond acceptors (Lipinski definition) is 7. The number of rotatable bonds is 6. The van der Waals surface area contributed by atoms with Gasteiger partial charge in [-0.1, -0.05) is 12.1 Å². The van der Waals surface area contributed by atoms with Gasteiger partial charge in [-0.25, -0.2) is 9.59 Å². The van der Waals surface area contributed by atoms with Crippen molar-refractivity contribution in [3.05, 3.63) is 52.6 Å². The first-order valence-electron chi connectivity index (χ1n) is 13.9. The Balaban J connectivity index is 1.12. The van der Waals surface area contributed by atoms with Crippen molar-refractivity contribution in [1.82, 2.24) is 29.6 Å². The maximum Gasteiger partial charge on any atom is 0.354 e. The van der Waals surface area contributed by atoms with Gasteiger partial charge in [0.2, 0.25) is 5.91 Å². The number of piperazine rings is 1. The van der Waals surface area contributed by atoms with Crippen LogP contribution in [0.25, 0.3) is 5.69 Å². The highest BCUT2D eigenvalue weighted by atomic mass is 16.2. The molecule has 11 nitrogen and oxygen atoms in total. The minimum Gasteiger partial charge on any atom is -0.338 e. The van der Waals surface area contributed by atoms with E-state index in [1.165, 1.54) is 36.1 Å². The van der Waals surface area contributed by atoms with E-state index in [4.69, 9.17) is 5.73 Å². The first kappa shape index (κ1) is 27.3. The largest absolute Gasteiger partial charge is 0.354 e. The molecule has 3 saturated heterocycles. The van der Waals surface area contributed by atoms with Crippen LogP contribution in [0.1, 0.15) is 32.3 Å². The third kappa shape index (κ3) is 6.32. The molecule has 1 atom stereocenters. The molecule has 2 aromatic rings. The van der Waals surface area contributed by atoms with Crippen LogP contribution in [0.15, 0.2) is 41.3 Å². The summed E-state index contributed by atoms with van der Waals surface area (Å²) in [5, 5.41) is 6.22. The zero-order valence-corrected chi connectivity index (χ0v) is 23.0. The molecule has 11 heteroatoms. The molecule has 1 spiro atoms. The van der Waals surface area contributed by atoms with E-state index in [0.717, 1.165) is 31.7 Å². The summed E-state index contributed by atoms with van der Waals surface area (Å²) in [6, 6.07) is 9.27. The molecule has 1 aromatic heterocycles. The first-order valence-corrected chi connectivity index (χ1v) is 13.9. The van der Waals surface area contributed by atoms with Gasteiger partial charge in [-0.3, -0.25) is 14.7 Å². The molecular weight excluding hydrogens is 496 g/mol. The molecule has 3 fully saturated rings. The minimum atomic E-state index is -0.942. The average Bonchev–Trinajstić information content (AvgIpc) is 3.56. The van der Waals surface area contributed by atoms with Crippen LogP contribution in [0.5, 0.6) is 0 Å². The highest BCUT2D eigenvalue weighted by Crippen LogP contribution is 2.35. The van der Waals surface area contributed by atoms with Crippen molar-refractivity contribution in [2.45, 2.75) is 38.6 Å². The summed E-state index contributed by atoms with van der Waals surface area (Å²) in [5.41, 5.74) is 6.96. The smallest absolute Gasteiger partial charge is 0.338 e. The Morgan fingerprint density at radius 3 is 2.41 bits per heavy atom. The number of nitrogens with one attached hydrogen (secondary N) is 2. The van der Waals surface area contributed by atoms with E-state index >= 15 is 0 Å². The van der Waals surface area contributed by atoms with Crippen LogP contribution >= 0.6 is 0 Å². The molecule has 210 valence electrons. The number of likely N-dealkylation sites (tertiary alicyclic amines) is 1. The van der Waals surface area contributed by atoms with Crippen LogP contribution in [-0.4, -0.2) is 101 Å². The van der Waals surface area contributed by atoms with Crippen LogP contribution in [-0.2, 0) is 11.2 Å². The number of amides is 3. The lowest BCUT2D eigenvalue weighted by Crippen LogP contribution is -2.58. The summed E-state index contributed by atoms with van der Waals surface area (Å²) < 4.78 is 1.47. The third-order valence-corrected chi connectivity index (χ3v) is 8.22. The summed E-state index contributed by atoms with van der Waals surface area (Å²) in [6.07, 6.45) is 5.18. The molecule has 3 aliphatic rings. The number of aromatic nitrogens is 2. The van der Waals surface area contributed by atoms with E-state index < -0.39 is 11.2 Å². The van der Waals surface area contributed by atoms with Gasteiger partial charge in [0, 0.05) is 52.0 Å². The molecule has 4 heterocycles. The van der Waals surface area contributed by atoms with E-state index in [1.807, 2.05) is 12.1 Å². The van der Waals surface area contributed by atoms with Gasteiger partial charge in [-0.2, -0.15) is 4.98 Å². The summed E-state index contributed by atoms with van der Waals surface area (Å²) >= 11 is 0. The monoisotopic (exact) mass is 536 g/mol. The quantitative estimate of drug-likeness (QED) is 0.500. The summed E-state index contributed by atoms with van der Waals surface area (Å²) in [4.78, 5) is 47.7. The fourth-order valence-electron chi connectivity index (χ4n) is 5.85. The summed E-state index contributed by atoms with van der Waals surface area (Å²) in [6.45, 7) is 10.6. The van der Waals surface area contributed by atoms with Crippen molar-refractivity contribution < 1.29 is 9.59 Å². The van der Waals surface area contributed by atoms with E-state index in [-0.39, 0.29) is 17.8 Å². The van der Waals surface area contributed by atoms with Gasteiger partial charge in [0.25, 0.3) is 0 Å². The number of urea groups is 1. The predicted octanol–water partition coefficient (Wildman–Crippen LogP) is 0.874. The van der Waals surface area contributed by atoms with Crippen molar-refractivity contribution in [2.24, 2.45) is 11.1 Å². The number of hydrogen-bond donors (Lipinski definition) is 3. The summed E-state index contributed by atoms with van der Waals surface area (Å²) in [5.74, 6) is 0.0581. The molecule has 5 rings (SSSR count). The van der Waals surface area contributed by atoms with Gasteiger partial charge in [0.15, 0.2) is 0 Å². The average molecular weight is 537 g/mol. The van der Waals surface area contributed by atoms with Gasteiger partial charge in [-0.05, 0) is 75.4 Å². The van der Waals surface area contributed by atoms with Crippen molar-refractivity contribution in [1.29, 1.82) is 0 Å². The fraction of sp³-hybridized carbons (Fsp3) is 0.571. The molecule has 0 bridgehead atoms. The van der Waals surface area contributed by atoms with Gasteiger partial charge in [0.05, 0.1) is 11.2 Å². The molecule has 1 unspecified atom stereocenters. The molecular formula is C28H40N8O3. The SMILES string of the molecule is CC(C)(N)C(=O)N1CCN(C(=O)Nc2ccn(-c3ccc(CCN4CCC5(CCNC5)C4)cc3)c(=O)n2)CC1. The third-order valence-electron chi connectivity index (χ3n) is 8.22. The van der Waals surface area contributed by atoms with Crippen LogP contribution in [0, 0.1) is 5.41 Å². The lowest BCUT2D eigenvalue weighted by atomic mass is 9.87. The maximum absolute atomic E-state index is 12.7. The van der Waals surface area contributed by atoms with Crippen LogP contribution in [0.2, 0.25) is 0 Å². The Hall–Kier alpha value is -3.28. The standard InChI is InChI=1S/C28H40N8O3/c1-27(2,29)24(37)34-15-17-35(18-16-34)25(38)31-23-8-13-36(26(39)32-23)22-5-3-21(4-6-22)7-12-33-14-10-28(20-33)9-11-30-19-28/h3-6,8,13,30H,7,9-12,14-20,29H2,1-2H3,(H,31,32,38,39). The molecule has 0 saturated carbocycles. The number of carbonyl (C=O) groups excluding carboxylic acids is 2. The normalized spacial score (nSPS) is 22.0. The topological polar surface area (TPSA) is 129 Å². The number of nitrogens with zero attached hydrogens (tertiary/aromatic N) is 5. The van der Waals surface area contributed by atoms with Crippen molar-refractivity contribution in [3.8, 4) is 5.69 Å². The second kappa shape index (κ2) is 11.1. The van der Waals surface area contributed by atoms with Crippen LogP contribution < -0.4 is 22.1 Å². The molecule has 1 aromatic carbocycles. The van der Waals surface area contributed by atoms with E-state index in [2.05, 4.69) is 32.7 Å². The number of benzene rings is 1. The van der Waals surface area contributed by atoms with Gasteiger partial charge >= 0.3 is 11.7 Å². The Morgan fingerprint density at radius 2 is 1.77 bits per heavy atom.